The minimum absolute atomic E-state index is 0.0697. The number of amides is 2. The van der Waals surface area contributed by atoms with Crippen molar-refractivity contribution in [1.29, 1.82) is 0 Å². The summed E-state index contributed by atoms with van der Waals surface area (Å²) in [4.78, 5) is 23.9. The summed E-state index contributed by atoms with van der Waals surface area (Å²) in [6, 6.07) is 4.92. The molecule has 1 heterocycles. The van der Waals surface area contributed by atoms with E-state index in [2.05, 4.69) is 10.6 Å². The first-order valence-electron chi connectivity index (χ1n) is 8.09. The van der Waals surface area contributed by atoms with Crippen molar-refractivity contribution in [3.05, 3.63) is 28.8 Å². The summed E-state index contributed by atoms with van der Waals surface area (Å²) in [5.74, 6) is -0.271. The third-order valence-electron chi connectivity index (χ3n) is 3.75. The number of carbonyl (C=O) groups is 2. The van der Waals surface area contributed by atoms with Gasteiger partial charge in [-0.15, -0.1) is 0 Å². The van der Waals surface area contributed by atoms with Gasteiger partial charge >= 0.3 is 0 Å². The number of carbonyl (C=O) groups excluding carboxylic acids is 2. The van der Waals surface area contributed by atoms with Crippen LogP contribution in [-0.2, 0) is 9.53 Å². The first kappa shape index (κ1) is 17.8. The molecule has 2 N–H and O–H groups in total. The van der Waals surface area contributed by atoms with E-state index in [0.29, 0.717) is 29.2 Å². The van der Waals surface area contributed by atoms with Crippen LogP contribution in [0.15, 0.2) is 18.2 Å². The van der Waals surface area contributed by atoms with Gasteiger partial charge in [0, 0.05) is 25.3 Å². The highest BCUT2D eigenvalue weighted by Crippen LogP contribution is 2.22. The molecular formula is C17H23ClN2O3. The lowest BCUT2D eigenvalue weighted by Gasteiger charge is -2.11. The number of anilines is 1. The highest BCUT2D eigenvalue weighted by Gasteiger charge is 2.17. The molecule has 6 heteroatoms. The molecule has 0 saturated carbocycles. The second-order valence-electron chi connectivity index (χ2n) is 5.67. The minimum Gasteiger partial charge on any atom is -0.378 e. The van der Waals surface area contributed by atoms with Crippen LogP contribution in [0.2, 0.25) is 5.02 Å². The van der Waals surface area contributed by atoms with E-state index in [1.54, 1.807) is 18.2 Å². The molecule has 1 atom stereocenters. The molecule has 1 unspecified atom stereocenters. The van der Waals surface area contributed by atoms with E-state index in [1.807, 2.05) is 6.92 Å². The Balaban J connectivity index is 1.86. The van der Waals surface area contributed by atoms with Crippen molar-refractivity contribution in [1.82, 2.24) is 5.32 Å². The van der Waals surface area contributed by atoms with Gasteiger partial charge in [-0.2, -0.15) is 0 Å². The molecule has 2 amide bonds. The first-order chi connectivity index (χ1) is 11.1. The van der Waals surface area contributed by atoms with E-state index < -0.39 is 0 Å². The summed E-state index contributed by atoms with van der Waals surface area (Å²) in [6.45, 7) is 3.39. The summed E-state index contributed by atoms with van der Waals surface area (Å²) in [6.07, 6.45) is 4.32. The zero-order valence-electron chi connectivity index (χ0n) is 13.4. The maximum absolute atomic E-state index is 12.0. The van der Waals surface area contributed by atoms with Gasteiger partial charge in [0.25, 0.3) is 5.91 Å². The smallest absolute Gasteiger partial charge is 0.252 e. The van der Waals surface area contributed by atoms with Gasteiger partial charge in [0.15, 0.2) is 0 Å². The number of hydrogen-bond donors (Lipinski definition) is 2. The number of hydrogen-bond acceptors (Lipinski definition) is 3. The summed E-state index contributed by atoms with van der Waals surface area (Å²) in [7, 11) is 0. The number of rotatable bonds is 7. The fourth-order valence-electron chi connectivity index (χ4n) is 2.50. The molecule has 1 aliphatic heterocycles. The molecule has 23 heavy (non-hydrogen) atoms. The monoisotopic (exact) mass is 338 g/mol. The summed E-state index contributed by atoms with van der Waals surface area (Å²) in [5, 5.41) is 5.91. The van der Waals surface area contributed by atoms with Gasteiger partial charge in [-0.3, -0.25) is 9.59 Å². The van der Waals surface area contributed by atoms with Gasteiger partial charge in [-0.1, -0.05) is 18.5 Å². The summed E-state index contributed by atoms with van der Waals surface area (Å²) >= 11 is 6.14. The average molecular weight is 339 g/mol. The highest BCUT2D eigenvalue weighted by atomic mass is 35.5. The van der Waals surface area contributed by atoms with Crippen molar-refractivity contribution in [3.63, 3.8) is 0 Å². The maximum atomic E-state index is 12.0. The van der Waals surface area contributed by atoms with Crippen LogP contribution >= 0.6 is 11.6 Å². The first-order valence-corrected chi connectivity index (χ1v) is 8.47. The van der Waals surface area contributed by atoms with Crippen molar-refractivity contribution in [2.24, 2.45) is 0 Å². The van der Waals surface area contributed by atoms with Crippen LogP contribution in [0.1, 0.15) is 49.4 Å². The maximum Gasteiger partial charge on any atom is 0.252 e. The summed E-state index contributed by atoms with van der Waals surface area (Å²) < 4.78 is 5.50. The number of nitrogens with one attached hydrogen (secondary N) is 2. The lowest BCUT2D eigenvalue weighted by molar-refractivity contribution is -0.116. The fraction of sp³-hybridized carbons (Fsp3) is 0.529. The minimum atomic E-state index is -0.201. The Kier molecular flexibility index (Phi) is 6.86. The standard InChI is InChI=1S/C17H23ClN2O3/c1-2-9-19-17(22)14-7-5-12(11-15(14)18)20-16(21)8-6-13-4-3-10-23-13/h5,7,11,13H,2-4,6,8-10H2,1H3,(H,19,22)(H,20,21). The van der Waals surface area contributed by atoms with Crippen LogP contribution in [0.4, 0.5) is 5.69 Å². The molecule has 0 bridgehead atoms. The zero-order chi connectivity index (χ0) is 16.7. The van der Waals surface area contributed by atoms with Crippen LogP contribution in [0, 0.1) is 0 Å². The fourth-order valence-corrected chi connectivity index (χ4v) is 2.76. The quantitative estimate of drug-likeness (QED) is 0.801. The van der Waals surface area contributed by atoms with Crippen LogP contribution in [0.5, 0.6) is 0 Å². The molecule has 2 rings (SSSR count). The molecule has 0 radical (unpaired) electrons. The van der Waals surface area contributed by atoms with Gasteiger partial charge in [0.2, 0.25) is 5.91 Å². The molecule has 1 fully saturated rings. The van der Waals surface area contributed by atoms with E-state index in [-0.39, 0.29) is 17.9 Å². The Morgan fingerprint density at radius 1 is 1.39 bits per heavy atom. The van der Waals surface area contributed by atoms with E-state index >= 15 is 0 Å². The van der Waals surface area contributed by atoms with Gasteiger partial charge in [0.05, 0.1) is 16.7 Å². The molecule has 126 valence electrons. The van der Waals surface area contributed by atoms with E-state index in [1.165, 1.54) is 0 Å². The van der Waals surface area contributed by atoms with E-state index in [9.17, 15) is 9.59 Å². The molecule has 0 spiro atoms. The predicted molar refractivity (Wildman–Crippen MR) is 90.9 cm³/mol. The van der Waals surface area contributed by atoms with Gasteiger partial charge in [0.1, 0.15) is 0 Å². The molecule has 5 nitrogen and oxygen atoms in total. The lowest BCUT2D eigenvalue weighted by atomic mass is 10.1. The van der Waals surface area contributed by atoms with Gasteiger partial charge in [-0.05, 0) is 43.9 Å². The number of halogens is 1. The molecule has 0 aliphatic carbocycles. The van der Waals surface area contributed by atoms with Crippen molar-refractivity contribution >= 4 is 29.1 Å². The molecule has 0 aromatic heterocycles. The SMILES string of the molecule is CCCNC(=O)c1ccc(NC(=O)CCC2CCCO2)cc1Cl. The second-order valence-corrected chi connectivity index (χ2v) is 6.08. The Hall–Kier alpha value is -1.59. The van der Waals surface area contributed by atoms with Crippen molar-refractivity contribution in [2.45, 2.75) is 45.1 Å². The third kappa shape index (κ3) is 5.52. The topological polar surface area (TPSA) is 67.4 Å². The van der Waals surface area contributed by atoms with Crippen LogP contribution in [-0.4, -0.2) is 31.1 Å². The third-order valence-corrected chi connectivity index (χ3v) is 4.06. The van der Waals surface area contributed by atoms with E-state index in [0.717, 1.165) is 32.3 Å². The molecule has 1 saturated heterocycles. The highest BCUT2D eigenvalue weighted by molar-refractivity contribution is 6.34. The largest absolute Gasteiger partial charge is 0.378 e. The molecule has 1 aromatic rings. The van der Waals surface area contributed by atoms with Gasteiger partial charge in [-0.25, -0.2) is 0 Å². The predicted octanol–water partition coefficient (Wildman–Crippen LogP) is 3.38. The number of ether oxygens (including phenoxy) is 1. The molecule has 1 aromatic carbocycles. The van der Waals surface area contributed by atoms with Crippen LogP contribution < -0.4 is 10.6 Å². The average Bonchev–Trinajstić information content (AvgIpc) is 3.04. The lowest BCUT2D eigenvalue weighted by Crippen LogP contribution is -2.24. The second kappa shape index (κ2) is 8.89. The Morgan fingerprint density at radius 2 is 2.22 bits per heavy atom. The molecule has 1 aliphatic rings. The van der Waals surface area contributed by atoms with Crippen LogP contribution in [0.25, 0.3) is 0 Å². The van der Waals surface area contributed by atoms with Crippen LogP contribution in [0.3, 0.4) is 0 Å². The summed E-state index contributed by atoms with van der Waals surface area (Å²) in [5.41, 5.74) is 1.01. The van der Waals surface area contributed by atoms with Crippen molar-refractivity contribution in [3.8, 4) is 0 Å². The van der Waals surface area contributed by atoms with Crippen molar-refractivity contribution < 1.29 is 14.3 Å². The van der Waals surface area contributed by atoms with Gasteiger partial charge < -0.3 is 15.4 Å². The molecular weight excluding hydrogens is 316 g/mol. The zero-order valence-corrected chi connectivity index (χ0v) is 14.1. The normalized spacial score (nSPS) is 17.0. The Bertz CT molecular complexity index is 557. The Labute approximate surface area is 141 Å². The Morgan fingerprint density at radius 3 is 2.87 bits per heavy atom. The van der Waals surface area contributed by atoms with E-state index in [4.69, 9.17) is 16.3 Å². The van der Waals surface area contributed by atoms with Crippen molar-refractivity contribution in [2.75, 3.05) is 18.5 Å². The number of benzene rings is 1.